The van der Waals surface area contributed by atoms with Crippen LogP contribution < -0.4 is 0 Å². The van der Waals surface area contributed by atoms with E-state index in [2.05, 4.69) is 4.74 Å². The minimum atomic E-state index is -1.09. The van der Waals surface area contributed by atoms with E-state index in [1.165, 1.54) is 4.90 Å². The van der Waals surface area contributed by atoms with Gasteiger partial charge in [-0.05, 0) is 0 Å². The largest absolute Gasteiger partial charge is 0.465 e. The molecule has 0 radical (unpaired) electrons. The minimum Gasteiger partial charge on any atom is -0.465 e. The van der Waals surface area contributed by atoms with E-state index in [-0.39, 0.29) is 19.6 Å². The monoisotopic (exact) mass is 200 g/mol. The van der Waals surface area contributed by atoms with Crippen molar-refractivity contribution in [3.05, 3.63) is 0 Å². The molecule has 7 heteroatoms. The molecule has 2 rings (SSSR count). The fourth-order valence-corrected chi connectivity index (χ4v) is 1.59. The molecule has 2 saturated heterocycles. The molecule has 2 amide bonds. The van der Waals surface area contributed by atoms with Gasteiger partial charge in [-0.1, -0.05) is 0 Å². The summed E-state index contributed by atoms with van der Waals surface area (Å²) in [4.78, 5) is 35.0. The molecule has 7 nitrogen and oxygen atoms in total. The van der Waals surface area contributed by atoms with E-state index in [9.17, 15) is 14.4 Å². The molecule has 0 aromatic carbocycles. The van der Waals surface area contributed by atoms with Crippen molar-refractivity contribution in [3.8, 4) is 0 Å². The van der Waals surface area contributed by atoms with Gasteiger partial charge in [0.2, 0.25) is 0 Å². The summed E-state index contributed by atoms with van der Waals surface area (Å²) in [5.74, 6) is -0.666. The number of ether oxygens (including phenoxy) is 1. The summed E-state index contributed by atoms with van der Waals surface area (Å²) in [6, 6.07) is -0.757. The molecule has 2 aliphatic heterocycles. The second-order valence-electron chi connectivity index (χ2n) is 3.12. The van der Waals surface area contributed by atoms with Crippen molar-refractivity contribution in [1.29, 1.82) is 0 Å². The van der Waals surface area contributed by atoms with Crippen LogP contribution in [0.1, 0.15) is 0 Å². The summed E-state index contributed by atoms with van der Waals surface area (Å²) in [7, 11) is 0. The van der Waals surface area contributed by atoms with Gasteiger partial charge in [0.1, 0.15) is 0 Å². The highest BCUT2D eigenvalue weighted by Crippen LogP contribution is 2.18. The van der Waals surface area contributed by atoms with Gasteiger partial charge in [0.25, 0.3) is 0 Å². The third-order valence-electron chi connectivity index (χ3n) is 2.35. The lowest BCUT2D eigenvalue weighted by Gasteiger charge is -2.32. The first-order valence-corrected chi connectivity index (χ1v) is 4.10. The first-order chi connectivity index (χ1) is 6.59. The van der Waals surface area contributed by atoms with Gasteiger partial charge < -0.3 is 14.7 Å². The van der Waals surface area contributed by atoms with E-state index >= 15 is 0 Å². The van der Waals surface area contributed by atoms with Crippen LogP contribution in [0.5, 0.6) is 0 Å². The molecule has 0 saturated carbocycles. The Morgan fingerprint density at radius 3 is 2.79 bits per heavy atom. The summed E-state index contributed by atoms with van der Waals surface area (Å²) in [6.07, 6.45) is -1.76. The fourth-order valence-electron chi connectivity index (χ4n) is 1.59. The van der Waals surface area contributed by atoms with Crippen molar-refractivity contribution in [2.75, 3.05) is 19.6 Å². The average Bonchev–Trinajstić information content (AvgIpc) is 2.42. The molecular weight excluding hydrogens is 192 g/mol. The van der Waals surface area contributed by atoms with Crippen molar-refractivity contribution in [2.45, 2.75) is 6.04 Å². The number of hydrogen-bond acceptors (Lipinski definition) is 4. The number of carboxylic acid groups (broad SMARTS) is 1. The first kappa shape index (κ1) is 8.79. The van der Waals surface area contributed by atoms with Crippen molar-refractivity contribution >= 4 is 18.2 Å². The van der Waals surface area contributed by atoms with E-state index in [0.717, 1.165) is 4.90 Å². The zero-order valence-electron chi connectivity index (χ0n) is 7.17. The maximum absolute atomic E-state index is 11.1. The highest BCUT2D eigenvalue weighted by molar-refractivity contribution is 5.96. The van der Waals surface area contributed by atoms with Crippen molar-refractivity contribution in [3.63, 3.8) is 0 Å². The van der Waals surface area contributed by atoms with Crippen LogP contribution in [0.25, 0.3) is 0 Å². The number of amides is 2. The number of rotatable bonds is 0. The van der Waals surface area contributed by atoms with Crippen molar-refractivity contribution in [1.82, 2.24) is 9.80 Å². The molecule has 2 aliphatic rings. The summed E-state index contributed by atoms with van der Waals surface area (Å²) < 4.78 is 4.36. The first-order valence-electron chi connectivity index (χ1n) is 4.10. The second kappa shape index (κ2) is 2.86. The molecule has 2 heterocycles. The highest BCUT2D eigenvalue weighted by Gasteiger charge is 2.45. The lowest BCUT2D eigenvalue weighted by Crippen LogP contribution is -2.54. The Kier molecular flexibility index (Phi) is 1.80. The summed E-state index contributed by atoms with van der Waals surface area (Å²) in [6.45, 7) is 0.426. The smallest absolute Gasteiger partial charge is 0.418 e. The molecule has 0 aliphatic carbocycles. The van der Waals surface area contributed by atoms with Crippen LogP contribution >= 0.6 is 0 Å². The van der Waals surface area contributed by atoms with Crippen LogP contribution in [-0.2, 0) is 9.53 Å². The van der Waals surface area contributed by atoms with Crippen LogP contribution in [0.15, 0.2) is 0 Å². The van der Waals surface area contributed by atoms with Crippen LogP contribution in [0.2, 0.25) is 0 Å². The SMILES string of the molecule is O=C1OC(=O)N2CCN(C(=O)O)CC12. The fraction of sp³-hybridized carbons (Fsp3) is 0.571. The van der Waals surface area contributed by atoms with E-state index in [1.807, 2.05) is 0 Å². The van der Waals surface area contributed by atoms with E-state index in [4.69, 9.17) is 5.11 Å². The quantitative estimate of drug-likeness (QED) is 0.413. The zero-order valence-corrected chi connectivity index (χ0v) is 7.17. The topological polar surface area (TPSA) is 87.2 Å². The lowest BCUT2D eigenvalue weighted by molar-refractivity contribution is -0.136. The van der Waals surface area contributed by atoms with Gasteiger partial charge in [-0.25, -0.2) is 14.4 Å². The molecule has 14 heavy (non-hydrogen) atoms. The van der Waals surface area contributed by atoms with Gasteiger partial charge in [-0.2, -0.15) is 0 Å². The maximum Gasteiger partial charge on any atom is 0.418 e. The van der Waals surface area contributed by atoms with Gasteiger partial charge in [-0.15, -0.1) is 0 Å². The number of carbonyl (C=O) groups is 3. The Balaban J connectivity index is 2.13. The number of cyclic esters (lactones) is 2. The summed E-state index contributed by atoms with van der Waals surface area (Å²) in [5.41, 5.74) is 0. The minimum absolute atomic E-state index is 0.0000926. The second-order valence-corrected chi connectivity index (χ2v) is 3.12. The third-order valence-corrected chi connectivity index (χ3v) is 2.35. The zero-order chi connectivity index (χ0) is 10.3. The Hall–Kier alpha value is -1.79. The van der Waals surface area contributed by atoms with Crippen LogP contribution in [0.4, 0.5) is 9.59 Å². The predicted octanol–water partition coefficient (Wildman–Crippen LogP) is -0.673. The number of piperazine rings is 1. The number of esters is 1. The van der Waals surface area contributed by atoms with Gasteiger partial charge in [-0.3, -0.25) is 4.90 Å². The van der Waals surface area contributed by atoms with E-state index < -0.39 is 24.2 Å². The lowest BCUT2D eigenvalue weighted by atomic mass is 10.2. The van der Waals surface area contributed by atoms with Crippen molar-refractivity contribution in [2.24, 2.45) is 0 Å². The van der Waals surface area contributed by atoms with Gasteiger partial charge in [0.05, 0.1) is 6.54 Å². The molecule has 2 fully saturated rings. The maximum atomic E-state index is 11.1. The molecule has 0 aromatic heterocycles. The third kappa shape index (κ3) is 1.17. The highest BCUT2D eigenvalue weighted by atomic mass is 16.6. The molecule has 1 atom stereocenters. The summed E-state index contributed by atoms with van der Waals surface area (Å²) in [5, 5.41) is 8.68. The molecule has 1 unspecified atom stereocenters. The van der Waals surface area contributed by atoms with Crippen LogP contribution in [-0.4, -0.2) is 58.7 Å². The van der Waals surface area contributed by atoms with Gasteiger partial charge >= 0.3 is 18.2 Å². The Labute approximate surface area is 78.8 Å². The normalized spacial score (nSPS) is 26.1. The summed E-state index contributed by atoms with van der Waals surface area (Å²) >= 11 is 0. The Morgan fingerprint density at radius 1 is 1.43 bits per heavy atom. The number of nitrogens with zero attached hydrogens (tertiary/aromatic N) is 2. The number of carbonyl (C=O) groups excluding carboxylic acids is 2. The molecule has 0 bridgehead atoms. The van der Waals surface area contributed by atoms with Crippen LogP contribution in [0, 0.1) is 0 Å². The molecular formula is C7H8N2O5. The van der Waals surface area contributed by atoms with Crippen LogP contribution in [0.3, 0.4) is 0 Å². The van der Waals surface area contributed by atoms with Gasteiger partial charge in [0, 0.05) is 13.1 Å². The Morgan fingerprint density at radius 2 is 2.14 bits per heavy atom. The number of hydrogen-bond donors (Lipinski definition) is 1. The predicted molar refractivity (Wildman–Crippen MR) is 41.6 cm³/mol. The molecule has 76 valence electrons. The standard InChI is InChI=1S/C7H8N2O5/c10-5-4-3-8(6(11)12)1-2-9(4)7(13)14-5/h4H,1-3H2,(H,11,12). The molecule has 1 N–H and O–H groups in total. The number of fused-ring (bicyclic) bond motifs is 1. The molecule has 0 spiro atoms. The van der Waals surface area contributed by atoms with E-state index in [0.29, 0.717) is 0 Å². The van der Waals surface area contributed by atoms with E-state index in [1.54, 1.807) is 0 Å². The Bertz CT molecular complexity index is 315. The van der Waals surface area contributed by atoms with Crippen molar-refractivity contribution < 1.29 is 24.2 Å². The molecule has 0 aromatic rings. The average molecular weight is 200 g/mol. The van der Waals surface area contributed by atoms with Gasteiger partial charge in [0.15, 0.2) is 6.04 Å².